The molecule has 0 fully saturated rings. The number of amides is 2. The van der Waals surface area contributed by atoms with Gasteiger partial charge in [0.1, 0.15) is 5.75 Å². The van der Waals surface area contributed by atoms with E-state index < -0.39 is 11.8 Å². The molecule has 0 aliphatic carbocycles. The number of ether oxygens (including phenoxy) is 1. The molecule has 0 unspecified atom stereocenters. The van der Waals surface area contributed by atoms with Crippen LogP contribution in [0.5, 0.6) is 5.75 Å². The molecule has 0 aliphatic heterocycles. The summed E-state index contributed by atoms with van der Waals surface area (Å²) in [5.74, 6) is -0.626. The molecule has 5 nitrogen and oxygen atoms in total. The first-order valence-electron chi connectivity index (χ1n) is 6.77. The molecule has 0 aliphatic rings. The summed E-state index contributed by atoms with van der Waals surface area (Å²) >= 11 is 17.5. The monoisotopic (exact) mass is 386 g/mol. The Morgan fingerprint density at radius 1 is 1.00 bits per heavy atom. The lowest BCUT2D eigenvalue weighted by atomic mass is 10.1. The fourth-order valence-corrected chi connectivity index (χ4v) is 2.41. The van der Waals surface area contributed by atoms with Crippen molar-refractivity contribution in [2.24, 2.45) is 0 Å². The highest BCUT2D eigenvalue weighted by Crippen LogP contribution is 2.23. The van der Waals surface area contributed by atoms with Crippen LogP contribution in [0, 0.1) is 0 Å². The highest BCUT2D eigenvalue weighted by Gasteiger charge is 2.14. The number of hydrazine groups is 1. The summed E-state index contributed by atoms with van der Waals surface area (Å²) in [4.78, 5) is 24.0. The Balaban J connectivity index is 1.96. The lowest BCUT2D eigenvalue weighted by Gasteiger charge is -2.11. The Morgan fingerprint density at radius 2 is 1.75 bits per heavy atom. The van der Waals surface area contributed by atoms with Crippen molar-refractivity contribution in [2.75, 3.05) is 7.11 Å². The maximum absolute atomic E-state index is 12.1. The second-order valence-corrected chi connectivity index (χ2v) is 6.02. The topological polar surface area (TPSA) is 67.4 Å². The molecule has 0 aromatic heterocycles. The van der Waals surface area contributed by atoms with E-state index in [2.05, 4.69) is 10.9 Å². The van der Waals surface area contributed by atoms with Gasteiger partial charge in [0.2, 0.25) is 5.91 Å². The zero-order chi connectivity index (χ0) is 17.7. The van der Waals surface area contributed by atoms with Crippen LogP contribution in [0.3, 0.4) is 0 Å². The molecule has 126 valence electrons. The highest BCUT2D eigenvalue weighted by atomic mass is 35.5. The van der Waals surface area contributed by atoms with Gasteiger partial charge in [0.05, 0.1) is 29.1 Å². The fraction of sp³-hybridized carbons (Fsp3) is 0.125. The Hall–Kier alpha value is -1.95. The molecule has 2 aromatic carbocycles. The average Bonchev–Trinajstić information content (AvgIpc) is 2.56. The van der Waals surface area contributed by atoms with Crippen LogP contribution in [0.4, 0.5) is 0 Å². The first-order chi connectivity index (χ1) is 11.4. The molecule has 0 saturated heterocycles. The predicted molar refractivity (Wildman–Crippen MR) is 93.8 cm³/mol. The average molecular weight is 388 g/mol. The molecule has 0 atom stereocenters. The van der Waals surface area contributed by atoms with E-state index in [4.69, 9.17) is 39.5 Å². The molecular weight excluding hydrogens is 375 g/mol. The summed E-state index contributed by atoms with van der Waals surface area (Å²) in [5.41, 5.74) is 5.56. The van der Waals surface area contributed by atoms with Gasteiger partial charge in [-0.1, -0.05) is 40.9 Å². The van der Waals surface area contributed by atoms with Crippen molar-refractivity contribution in [1.29, 1.82) is 0 Å². The van der Waals surface area contributed by atoms with Gasteiger partial charge in [-0.2, -0.15) is 0 Å². The molecule has 0 heterocycles. The lowest BCUT2D eigenvalue weighted by molar-refractivity contribution is -0.121. The van der Waals surface area contributed by atoms with Crippen LogP contribution in [0.2, 0.25) is 15.1 Å². The molecule has 2 rings (SSSR count). The van der Waals surface area contributed by atoms with Gasteiger partial charge >= 0.3 is 0 Å². The number of methoxy groups -OCH3 is 1. The van der Waals surface area contributed by atoms with E-state index in [1.54, 1.807) is 24.3 Å². The van der Waals surface area contributed by atoms with E-state index in [1.165, 1.54) is 19.2 Å². The van der Waals surface area contributed by atoms with Gasteiger partial charge in [0, 0.05) is 5.02 Å². The van der Waals surface area contributed by atoms with Gasteiger partial charge in [-0.3, -0.25) is 20.4 Å². The predicted octanol–water partition coefficient (Wildman–Crippen LogP) is 3.66. The summed E-state index contributed by atoms with van der Waals surface area (Å²) in [6, 6.07) is 9.43. The third-order valence-electron chi connectivity index (χ3n) is 3.07. The van der Waals surface area contributed by atoms with E-state index in [9.17, 15) is 9.59 Å². The second kappa shape index (κ2) is 8.24. The number of rotatable bonds is 4. The van der Waals surface area contributed by atoms with E-state index in [1.807, 2.05) is 0 Å². The molecule has 0 spiro atoms. The number of carbonyl (C=O) groups is 2. The van der Waals surface area contributed by atoms with Crippen LogP contribution in [-0.4, -0.2) is 18.9 Å². The minimum Gasteiger partial charge on any atom is -0.496 e. The number of hydrogen-bond donors (Lipinski definition) is 2. The van der Waals surface area contributed by atoms with Crippen LogP contribution in [-0.2, 0) is 11.2 Å². The van der Waals surface area contributed by atoms with Crippen molar-refractivity contribution in [2.45, 2.75) is 6.42 Å². The zero-order valence-electron chi connectivity index (χ0n) is 12.5. The molecule has 0 saturated carbocycles. The number of benzene rings is 2. The lowest BCUT2D eigenvalue weighted by Crippen LogP contribution is -2.42. The van der Waals surface area contributed by atoms with Gasteiger partial charge < -0.3 is 4.74 Å². The van der Waals surface area contributed by atoms with E-state index >= 15 is 0 Å². The van der Waals surface area contributed by atoms with Gasteiger partial charge in [0.25, 0.3) is 5.91 Å². The normalized spacial score (nSPS) is 10.2. The minimum atomic E-state index is -0.522. The van der Waals surface area contributed by atoms with Gasteiger partial charge in [0.15, 0.2) is 0 Å². The van der Waals surface area contributed by atoms with Crippen molar-refractivity contribution in [3.05, 3.63) is 62.6 Å². The molecule has 2 aromatic rings. The van der Waals surface area contributed by atoms with E-state index in [0.717, 1.165) is 0 Å². The van der Waals surface area contributed by atoms with Crippen LogP contribution in [0.25, 0.3) is 0 Å². The summed E-state index contributed by atoms with van der Waals surface area (Å²) in [5, 5.41) is 1.20. The van der Waals surface area contributed by atoms with Crippen molar-refractivity contribution in [1.82, 2.24) is 10.9 Å². The molecule has 2 N–H and O–H groups in total. The van der Waals surface area contributed by atoms with Crippen LogP contribution in [0.1, 0.15) is 15.9 Å². The second-order valence-electron chi connectivity index (χ2n) is 4.77. The van der Waals surface area contributed by atoms with E-state index in [-0.39, 0.29) is 12.0 Å². The van der Waals surface area contributed by atoms with Crippen molar-refractivity contribution in [3.63, 3.8) is 0 Å². The summed E-state index contributed by atoms with van der Waals surface area (Å²) in [7, 11) is 1.42. The Labute approximate surface area is 153 Å². The number of carbonyl (C=O) groups excluding carboxylic acids is 2. The summed E-state index contributed by atoms with van der Waals surface area (Å²) in [6.07, 6.45) is 0.0366. The maximum atomic E-state index is 12.1. The highest BCUT2D eigenvalue weighted by molar-refractivity contribution is 6.42. The van der Waals surface area contributed by atoms with Crippen LogP contribution < -0.4 is 15.6 Å². The standard InChI is InChI=1S/C16H13Cl3N2O3/c1-24-14-8-10(17)3-4-11(14)16(23)21-20-15(22)7-9-2-5-12(18)13(19)6-9/h2-6,8H,7H2,1H3,(H,20,22)(H,21,23). The Bertz CT molecular complexity index is 781. The molecule has 8 heteroatoms. The molecule has 2 amide bonds. The summed E-state index contributed by atoms with van der Waals surface area (Å²) < 4.78 is 5.09. The van der Waals surface area contributed by atoms with Gasteiger partial charge in [-0.15, -0.1) is 0 Å². The third kappa shape index (κ3) is 4.77. The fourth-order valence-electron chi connectivity index (χ4n) is 1.93. The van der Waals surface area contributed by atoms with Gasteiger partial charge in [-0.25, -0.2) is 0 Å². The SMILES string of the molecule is COc1cc(Cl)ccc1C(=O)NNC(=O)Cc1ccc(Cl)c(Cl)c1. The molecule has 0 radical (unpaired) electrons. The zero-order valence-corrected chi connectivity index (χ0v) is 14.8. The Morgan fingerprint density at radius 3 is 2.42 bits per heavy atom. The van der Waals surface area contributed by atoms with Crippen LogP contribution in [0.15, 0.2) is 36.4 Å². The number of halogens is 3. The van der Waals surface area contributed by atoms with Crippen molar-refractivity contribution in [3.8, 4) is 5.75 Å². The van der Waals surface area contributed by atoms with Crippen molar-refractivity contribution < 1.29 is 14.3 Å². The minimum absolute atomic E-state index is 0.0366. The largest absolute Gasteiger partial charge is 0.496 e. The number of nitrogens with one attached hydrogen (secondary N) is 2. The third-order valence-corrected chi connectivity index (χ3v) is 4.05. The van der Waals surface area contributed by atoms with Crippen molar-refractivity contribution >= 4 is 46.6 Å². The van der Waals surface area contributed by atoms with E-state index in [0.29, 0.717) is 26.4 Å². The quantitative estimate of drug-likeness (QED) is 0.787. The smallest absolute Gasteiger partial charge is 0.273 e. The van der Waals surface area contributed by atoms with Crippen LogP contribution >= 0.6 is 34.8 Å². The molecule has 24 heavy (non-hydrogen) atoms. The molecular formula is C16H13Cl3N2O3. The Kier molecular flexibility index (Phi) is 6.31. The number of hydrogen-bond acceptors (Lipinski definition) is 3. The molecule has 0 bridgehead atoms. The van der Waals surface area contributed by atoms with Gasteiger partial charge in [-0.05, 0) is 35.9 Å². The first kappa shape index (κ1) is 18.4. The maximum Gasteiger partial charge on any atom is 0.273 e. The summed E-state index contributed by atoms with van der Waals surface area (Å²) in [6.45, 7) is 0. The first-order valence-corrected chi connectivity index (χ1v) is 7.90.